The molecule has 1 aliphatic rings. The Morgan fingerprint density at radius 2 is 1.69 bits per heavy atom. The Morgan fingerprint density at radius 3 is 2.33 bits per heavy atom. The summed E-state index contributed by atoms with van der Waals surface area (Å²) in [4.78, 5) is 31.7. The highest BCUT2D eigenvalue weighted by Crippen LogP contribution is 2.44. The van der Waals surface area contributed by atoms with E-state index in [1.54, 1.807) is 36.4 Å². The normalized spacial score (nSPS) is 16.7. The molecule has 1 fully saturated rings. The molecular weight excluding hydrogens is 582 g/mol. The number of hydrogen-bond acceptors (Lipinski definition) is 9. The number of aromatic nitrogens is 1. The first-order valence-electron chi connectivity index (χ1n) is 11.0. The van der Waals surface area contributed by atoms with Crippen molar-refractivity contribution in [2.75, 3.05) is 10.6 Å². The molecule has 0 radical (unpaired) electrons. The van der Waals surface area contributed by atoms with Gasteiger partial charge in [0.2, 0.25) is 9.84 Å². The third kappa shape index (κ3) is 5.11. The summed E-state index contributed by atoms with van der Waals surface area (Å²) in [5.74, 6) is -2.48. The zero-order valence-corrected chi connectivity index (χ0v) is 23.2. The van der Waals surface area contributed by atoms with Gasteiger partial charge in [-0.2, -0.15) is 13.5 Å². The maximum atomic E-state index is 13.3. The quantitative estimate of drug-likeness (QED) is 0.129. The number of nitrogens with two attached hydrogens (primary N) is 1. The van der Waals surface area contributed by atoms with E-state index in [4.69, 9.17) is 17.3 Å². The number of thiazole rings is 1. The number of phenolic OH excluding ortho intramolecular Hbond substituents is 1. The third-order valence-corrected chi connectivity index (χ3v) is 9.35. The Labute approximate surface area is 239 Å². The van der Waals surface area contributed by atoms with Crippen LogP contribution in [-0.4, -0.2) is 35.3 Å². The molecule has 1 atom stereocenters. The van der Waals surface area contributed by atoms with Crippen molar-refractivity contribution in [1.82, 2.24) is 4.98 Å². The van der Waals surface area contributed by atoms with Gasteiger partial charge in [-0.1, -0.05) is 35.1 Å². The van der Waals surface area contributed by atoms with E-state index in [1.807, 2.05) is 0 Å². The molecule has 1 saturated heterocycles. The number of halogens is 1. The maximum absolute atomic E-state index is 13.3. The summed E-state index contributed by atoms with van der Waals surface area (Å²) in [6.45, 7) is 0. The highest BCUT2D eigenvalue weighted by molar-refractivity contribution is 7.93. The number of phenols is 1. The van der Waals surface area contributed by atoms with Crippen molar-refractivity contribution in [2.24, 2.45) is 0 Å². The lowest BCUT2D eigenvalue weighted by Gasteiger charge is -2.23. The van der Waals surface area contributed by atoms with Crippen molar-refractivity contribution in [3.8, 4) is 5.75 Å². The summed E-state index contributed by atoms with van der Waals surface area (Å²) in [5.41, 5.74) is 6.65. The van der Waals surface area contributed by atoms with Crippen LogP contribution in [0.4, 0.5) is 10.8 Å². The Kier molecular flexibility index (Phi) is 7.75. The number of aliphatic hydroxyl groups excluding tert-OH is 1. The lowest BCUT2D eigenvalue weighted by atomic mass is 9.95. The molecule has 1 unspecified atom stereocenters. The first-order chi connectivity index (χ1) is 18.1. The van der Waals surface area contributed by atoms with Crippen LogP contribution >= 0.6 is 36.4 Å². The molecule has 9 nitrogen and oxygen atoms in total. The van der Waals surface area contributed by atoms with Crippen molar-refractivity contribution in [1.29, 1.82) is 0 Å². The van der Waals surface area contributed by atoms with Gasteiger partial charge in [-0.3, -0.25) is 14.5 Å². The van der Waals surface area contributed by atoms with Crippen LogP contribution < -0.4 is 10.6 Å². The van der Waals surface area contributed by atoms with Crippen molar-refractivity contribution in [2.45, 2.75) is 15.1 Å². The number of aliphatic hydroxyl groups is 1. The SMILES string of the molecule is Nc1ccc(C(O)=C2C(=O)C(=O)N(c3ncc(S(=O)(=O)c4ccc(O)cc4)s3)C2c2cccc(Cl)c2)cc1.S. The van der Waals surface area contributed by atoms with Gasteiger partial charge in [0.05, 0.1) is 22.7 Å². The summed E-state index contributed by atoms with van der Waals surface area (Å²) in [6.07, 6.45) is 1.09. The molecule has 2 heterocycles. The lowest BCUT2D eigenvalue weighted by Crippen LogP contribution is -2.29. The summed E-state index contributed by atoms with van der Waals surface area (Å²) >= 11 is 6.90. The van der Waals surface area contributed by atoms with Gasteiger partial charge in [0.1, 0.15) is 15.7 Å². The second-order valence-corrected chi connectivity index (χ2v) is 11.9. The Bertz CT molecular complexity index is 1720. The molecule has 3 aromatic carbocycles. The van der Waals surface area contributed by atoms with E-state index in [-0.39, 0.29) is 44.6 Å². The van der Waals surface area contributed by atoms with Crippen molar-refractivity contribution in [3.63, 3.8) is 0 Å². The van der Waals surface area contributed by atoms with E-state index in [0.29, 0.717) is 27.6 Å². The number of hydrogen-bond donors (Lipinski definition) is 3. The lowest BCUT2D eigenvalue weighted by molar-refractivity contribution is -0.132. The molecular formula is C26H20ClN3O6S3. The first-order valence-corrected chi connectivity index (χ1v) is 13.7. The maximum Gasteiger partial charge on any atom is 0.301 e. The monoisotopic (exact) mass is 601 g/mol. The number of aromatic hydroxyl groups is 1. The Balaban J connectivity index is 0.00000353. The number of benzene rings is 3. The topological polar surface area (TPSA) is 151 Å². The van der Waals surface area contributed by atoms with Gasteiger partial charge in [0.25, 0.3) is 5.78 Å². The number of amides is 1. The number of nitrogen functional groups attached to an aromatic ring is 1. The van der Waals surface area contributed by atoms with E-state index in [2.05, 4.69) is 4.98 Å². The number of nitrogens with zero attached hydrogens (tertiary/aromatic N) is 2. The van der Waals surface area contributed by atoms with Crippen molar-refractivity contribution >= 4 is 74.5 Å². The highest BCUT2D eigenvalue weighted by Gasteiger charge is 2.48. The van der Waals surface area contributed by atoms with E-state index in [9.17, 15) is 28.2 Å². The fourth-order valence-corrected chi connectivity index (χ4v) is 6.79. The summed E-state index contributed by atoms with van der Waals surface area (Å²) in [7, 11) is -4.03. The second-order valence-electron chi connectivity index (χ2n) is 8.31. The number of carbonyl (C=O) groups excluding carboxylic acids is 2. The molecule has 0 saturated carbocycles. The van der Waals surface area contributed by atoms with Crippen molar-refractivity contribution < 1.29 is 28.2 Å². The minimum atomic E-state index is -4.03. The van der Waals surface area contributed by atoms with Crippen LogP contribution in [0.15, 0.2) is 93.7 Å². The first kappa shape index (κ1) is 28.2. The number of rotatable bonds is 5. The van der Waals surface area contributed by atoms with Gasteiger partial charge in [-0.05, 0) is 66.2 Å². The number of carbonyl (C=O) groups is 2. The van der Waals surface area contributed by atoms with Crippen LogP contribution in [0.5, 0.6) is 5.75 Å². The van der Waals surface area contributed by atoms with Gasteiger partial charge >= 0.3 is 5.91 Å². The van der Waals surface area contributed by atoms with E-state index in [1.165, 1.54) is 36.4 Å². The van der Waals surface area contributed by atoms with E-state index in [0.717, 1.165) is 11.1 Å². The summed E-state index contributed by atoms with van der Waals surface area (Å²) < 4.78 is 26.1. The van der Waals surface area contributed by atoms with E-state index >= 15 is 0 Å². The van der Waals surface area contributed by atoms with Crippen molar-refractivity contribution in [3.05, 3.63) is 101 Å². The Hall–Kier alpha value is -3.84. The Morgan fingerprint density at radius 1 is 1.03 bits per heavy atom. The predicted molar refractivity (Wildman–Crippen MR) is 153 cm³/mol. The molecule has 1 aromatic heterocycles. The van der Waals surface area contributed by atoms with Gasteiger partial charge in [-0.25, -0.2) is 13.4 Å². The molecule has 0 spiro atoms. The minimum absolute atomic E-state index is 0. The molecule has 13 heteroatoms. The van der Waals surface area contributed by atoms with Gasteiger partial charge < -0.3 is 15.9 Å². The summed E-state index contributed by atoms with van der Waals surface area (Å²) in [6, 6.07) is 16.4. The van der Waals surface area contributed by atoms with E-state index < -0.39 is 33.3 Å². The molecule has 39 heavy (non-hydrogen) atoms. The third-order valence-electron chi connectivity index (χ3n) is 5.88. The second kappa shape index (κ2) is 10.7. The average Bonchev–Trinajstić information content (AvgIpc) is 3.48. The molecule has 1 aliphatic heterocycles. The minimum Gasteiger partial charge on any atom is -0.508 e. The molecule has 4 N–H and O–H groups in total. The molecule has 200 valence electrons. The van der Waals surface area contributed by atoms with Crippen LogP contribution in [0, 0.1) is 0 Å². The number of ketones is 1. The highest BCUT2D eigenvalue weighted by atomic mass is 35.5. The average molecular weight is 602 g/mol. The number of anilines is 2. The summed E-state index contributed by atoms with van der Waals surface area (Å²) in [5, 5.41) is 20.9. The van der Waals surface area contributed by atoms with Crippen LogP contribution in [0.3, 0.4) is 0 Å². The molecule has 1 amide bonds. The zero-order chi connectivity index (χ0) is 27.2. The number of Topliss-reactive ketones (excluding diaryl/α,β-unsaturated/α-hetero) is 1. The smallest absolute Gasteiger partial charge is 0.301 e. The molecule has 0 bridgehead atoms. The van der Waals surface area contributed by atoms with Crippen LogP contribution in [0.25, 0.3) is 5.76 Å². The number of sulfone groups is 1. The zero-order valence-electron chi connectivity index (χ0n) is 19.8. The largest absolute Gasteiger partial charge is 0.508 e. The van der Waals surface area contributed by atoms with Gasteiger partial charge in [0, 0.05) is 16.3 Å². The van der Waals surface area contributed by atoms with Gasteiger partial charge in [0.15, 0.2) is 5.13 Å². The van der Waals surface area contributed by atoms with Crippen LogP contribution in [-0.2, 0) is 19.4 Å². The molecule has 5 rings (SSSR count). The van der Waals surface area contributed by atoms with Gasteiger partial charge in [-0.15, -0.1) is 0 Å². The van der Waals surface area contributed by atoms with Crippen LogP contribution in [0.1, 0.15) is 17.2 Å². The fraction of sp³-hybridized carbons (Fsp3) is 0.0385. The van der Waals surface area contributed by atoms with Crippen LogP contribution in [0.2, 0.25) is 5.02 Å². The molecule has 0 aliphatic carbocycles. The standard InChI is InChI=1S/C26H18ClN3O6S2.H2S/c27-16-3-1-2-15(12-16)22-21(23(32)14-4-6-17(28)7-5-14)24(33)25(34)30(22)26-29-13-20(37-26)38(35,36)19-10-8-18(31)9-11-19;/h1-13,22,31-32H,28H2;1H2. The molecule has 4 aromatic rings. The predicted octanol–water partition coefficient (Wildman–Crippen LogP) is 4.66. The fourth-order valence-electron chi connectivity index (χ4n) is 4.05.